The Kier molecular flexibility index (Phi) is 2.54. The quantitative estimate of drug-likeness (QED) is 0.494. The van der Waals surface area contributed by atoms with Crippen LogP contribution in [-0.2, 0) is 0 Å². The lowest BCUT2D eigenvalue weighted by Crippen LogP contribution is -2.14. The highest BCUT2D eigenvalue weighted by atomic mass is 35.5. The second kappa shape index (κ2) is 3.32. The SMILES string of the molecule is NC(=O)c1c(Cl)cc(Cl)c(O)c1N. The van der Waals surface area contributed by atoms with Gasteiger partial charge in [-0.05, 0) is 6.07 Å². The van der Waals surface area contributed by atoms with Gasteiger partial charge in [0.25, 0.3) is 5.91 Å². The molecule has 1 aromatic carbocycles. The van der Waals surface area contributed by atoms with Crippen LogP contribution in [0.3, 0.4) is 0 Å². The Labute approximate surface area is 84.0 Å². The highest BCUT2D eigenvalue weighted by Gasteiger charge is 2.17. The monoisotopic (exact) mass is 220 g/mol. The predicted molar refractivity (Wildman–Crippen MR) is 51.1 cm³/mol. The van der Waals surface area contributed by atoms with Crippen LogP contribution in [0.2, 0.25) is 10.0 Å². The molecule has 1 amide bonds. The van der Waals surface area contributed by atoms with Gasteiger partial charge in [0.1, 0.15) is 0 Å². The smallest absolute Gasteiger partial charge is 0.252 e. The lowest BCUT2D eigenvalue weighted by molar-refractivity contribution is 0.100. The molecule has 1 rings (SSSR count). The number of anilines is 1. The molecule has 0 saturated heterocycles. The Hall–Kier alpha value is -1.13. The number of hydrogen-bond donors (Lipinski definition) is 3. The van der Waals surface area contributed by atoms with Crippen LogP contribution in [0.4, 0.5) is 5.69 Å². The van der Waals surface area contributed by atoms with E-state index in [1.165, 1.54) is 6.07 Å². The number of rotatable bonds is 1. The summed E-state index contributed by atoms with van der Waals surface area (Å²) in [5, 5.41) is 9.24. The lowest BCUT2D eigenvalue weighted by atomic mass is 10.1. The standard InChI is InChI=1S/C7H6Cl2N2O2/c8-2-1-3(9)6(12)5(10)4(2)7(11)13/h1,12H,10H2,(H2,11,13). The van der Waals surface area contributed by atoms with Crippen molar-refractivity contribution in [3.63, 3.8) is 0 Å². The zero-order chi connectivity index (χ0) is 10.2. The van der Waals surface area contributed by atoms with E-state index < -0.39 is 5.91 Å². The summed E-state index contributed by atoms with van der Waals surface area (Å²) < 4.78 is 0. The van der Waals surface area contributed by atoms with Crippen LogP contribution in [0.25, 0.3) is 0 Å². The third-order valence-corrected chi connectivity index (χ3v) is 2.08. The number of amides is 1. The molecule has 4 nitrogen and oxygen atoms in total. The first kappa shape index (κ1) is 9.95. The first-order valence-electron chi connectivity index (χ1n) is 3.21. The molecule has 0 atom stereocenters. The molecule has 6 heteroatoms. The Bertz CT molecular complexity index is 379. The van der Waals surface area contributed by atoms with Crippen molar-refractivity contribution in [2.24, 2.45) is 5.73 Å². The van der Waals surface area contributed by atoms with Gasteiger partial charge in [0.15, 0.2) is 5.75 Å². The summed E-state index contributed by atoms with van der Waals surface area (Å²) >= 11 is 11.2. The van der Waals surface area contributed by atoms with E-state index >= 15 is 0 Å². The van der Waals surface area contributed by atoms with Gasteiger partial charge in [-0.15, -0.1) is 0 Å². The molecule has 0 heterocycles. The van der Waals surface area contributed by atoms with E-state index in [1.807, 2.05) is 0 Å². The normalized spacial score (nSPS) is 10.0. The van der Waals surface area contributed by atoms with Gasteiger partial charge in [0, 0.05) is 0 Å². The maximum Gasteiger partial charge on any atom is 0.252 e. The van der Waals surface area contributed by atoms with E-state index in [-0.39, 0.29) is 27.0 Å². The molecule has 0 fully saturated rings. The summed E-state index contributed by atoms with van der Waals surface area (Å²) in [5.41, 5.74) is 10.0. The van der Waals surface area contributed by atoms with E-state index in [2.05, 4.69) is 0 Å². The zero-order valence-corrected chi connectivity index (χ0v) is 7.86. The van der Waals surface area contributed by atoms with Crippen molar-refractivity contribution < 1.29 is 9.90 Å². The van der Waals surface area contributed by atoms with Crippen molar-refractivity contribution >= 4 is 34.8 Å². The van der Waals surface area contributed by atoms with E-state index in [0.29, 0.717) is 0 Å². The van der Waals surface area contributed by atoms with Gasteiger partial charge >= 0.3 is 0 Å². The Morgan fingerprint density at radius 3 is 2.38 bits per heavy atom. The summed E-state index contributed by atoms with van der Waals surface area (Å²) in [5.74, 6) is -1.20. The second-order valence-corrected chi connectivity index (χ2v) is 3.16. The minimum Gasteiger partial charge on any atom is -0.504 e. The molecule has 0 spiro atoms. The van der Waals surface area contributed by atoms with Crippen molar-refractivity contribution in [3.8, 4) is 5.75 Å². The fraction of sp³-hybridized carbons (Fsp3) is 0. The third kappa shape index (κ3) is 1.64. The number of carbonyl (C=O) groups excluding carboxylic acids is 1. The lowest BCUT2D eigenvalue weighted by Gasteiger charge is -2.07. The van der Waals surface area contributed by atoms with Gasteiger partial charge < -0.3 is 16.6 Å². The summed E-state index contributed by atoms with van der Waals surface area (Å²) in [6, 6.07) is 1.20. The van der Waals surface area contributed by atoms with E-state index in [4.69, 9.17) is 34.7 Å². The van der Waals surface area contributed by atoms with Crippen molar-refractivity contribution in [1.82, 2.24) is 0 Å². The van der Waals surface area contributed by atoms with Crippen LogP contribution in [0.1, 0.15) is 10.4 Å². The minimum absolute atomic E-state index is 0.0208. The fourth-order valence-corrected chi connectivity index (χ4v) is 1.45. The van der Waals surface area contributed by atoms with Crippen molar-refractivity contribution in [2.75, 3.05) is 5.73 Å². The molecule has 0 aliphatic heterocycles. The second-order valence-electron chi connectivity index (χ2n) is 2.34. The molecular formula is C7H6Cl2N2O2. The van der Waals surface area contributed by atoms with Gasteiger partial charge in [-0.25, -0.2) is 0 Å². The number of aromatic hydroxyl groups is 1. The number of halogens is 2. The Balaban J connectivity index is 3.53. The number of hydrogen-bond acceptors (Lipinski definition) is 3. The molecule has 5 N–H and O–H groups in total. The molecule has 0 aliphatic carbocycles. The number of carbonyl (C=O) groups is 1. The van der Waals surface area contributed by atoms with Crippen LogP contribution < -0.4 is 11.5 Å². The summed E-state index contributed by atoms with van der Waals surface area (Å²) in [6.45, 7) is 0. The Morgan fingerprint density at radius 2 is 1.92 bits per heavy atom. The average Bonchev–Trinajstić information content (AvgIpc) is 1.99. The van der Waals surface area contributed by atoms with Crippen molar-refractivity contribution in [3.05, 3.63) is 21.7 Å². The van der Waals surface area contributed by atoms with Gasteiger partial charge in [-0.3, -0.25) is 4.79 Å². The van der Waals surface area contributed by atoms with Gasteiger partial charge in [-0.2, -0.15) is 0 Å². The zero-order valence-electron chi connectivity index (χ0n) is 6.34. The molecule has 1 aromatic rings. The van der Waals surface area contributed by atoms with E-state index in [1.54, 1.807) is 0 Å². The number of phenols is 1. The molecule has 0 radical (unpaired) electrons. The summed E-state index contributed by atoms with van der Waals surface area (Å²) in [6.07, 6.45) is 0. The Morgan fingerprint density at radius 1 is 1.38 bits per heavy atom. The predicted octanol–water partition coefficient (Wildman–Crippen LogP) is 1.38. The summed E-state index contributed by atoms with van der Waals surface area (Å²) in [4.78, 5) is 10.8. The molecule has 0 aliphatic rings. The van der Waals surface area contributed by atoms with Crippen molar-refractivity contribution in [1.29, 1.82) is 0 Å². The molecular weight excluding hydrogens is 215 g/mol. The third-order valence-electron chi connectivity index (χ3n) is 1.49. The average molecular weight is 221 g/mol. The van der Waals surface area contributed by atoms with Crippen LogP contribution in [0, 0.1) is 0 Å². The van der Waals surface area contributed by atoms with E-state index in [0.717, 1.165) is 0 Å². The minimum atomic E-state index is -0.811. The van der Waals surface area contributed by atoms with Crippen LogP contribution >= 0.6 is 23.2 Å². The molecule has 0 bridgehead atoms. The molecule has 13 heavy (non-hydrogen) atoms. The maximum absolute atomic E-state index is 10.8. The summed E-state index contributed by atoms with van der Waals surface area (Å²) in [7, 11) is 0. The number of nitrogen functional groups attached to an aromatic ring is 1. The molecule has 70 valence electrons. The molecule has 0 aromatic heterocycles. The van der Waals surface area contributed by atoms with E-state index in [9.17, 15) is 9.90 Å². The van der Waals surface area contributed by atoms with Crippen LogP contribution in [0.5, 0.6) is 5.75 Å². The molecule has 0 saturated carbocycles. The van der Waals surface area contributed by atoms with Crippen LogP contribution in [0.15, 0.2) is 6.07 Å². The molecule has 0 unspecified atom stereocenters. The topological polar surface area (TPSA) is 89.3 Å². The first-order chi connectivity index (χ1) is 5.95. The number of primary amides is 1. The number of nitrogens with two attached hydrogens (primary N) is 2. The van der Waals surface area contributed by atoms with Crippen LogP contribution in [-0.4, -0.2) is 11.0 Å². The van der Waals surface area contributed by atoms with Gasteiger partial charge in [0.2, 0.25) is 0 Å². The van der Waals surface area contributed by atoms with Crippen molar-refractivity contribution in [2.45, 2.75) is 0 Å². The van der Waals surface area contributed by atoms with Gasteiger partial charge in [-0.1, -0.05) is 23.2 Å². The maximum atomic E-state index is 10.8. The number of benzene rings is 1. The number of phenolic OH excluding ortho intramolecular Hbond substituents is 1. The highest BCUT2D eigenvalue weighted by Crippen LogP contribution is 2.36. The van der Waals surface area contributed by atoms with Gasteiger partial charge in [0.05, 0.1) is 21.3 Å². The first-order valence-corrected chi connectivity index (χ1v) is 3.97. The largest absolute Gasteiger partial charge is 0.504 e. The highest BCUT2D eigenvalue weighted by molar-refractivity contribution is 6.38. The fourth-order valence-electron chi connectivity index (χ4n) is 0.878.